The minimum absolute atomic E-state index is 0.00932. The number of hydrogen-bond donors (Lipinski definition) is 2. The molecule has 0 bridgehead atoms. The van der Waals surface area contributed by atoms with E-state index in [1.165, 1.54) is 0 Å². The molecule has 0 aliphatic carbocycles. The monoisotopic (exact) mass is 320 g/mol. The third-order valence-electron chi connectivity index (χ3n) is 4.46. The van der Waals surface area contributed by atoms with Crippen LogP contribution in [0.5, 0.6) is 5.75 Å². The molecule has 5 heteroatoms. The van der Waals surface area contributed by atoms with E-state index in [0.717, 1.165) is 43.7 Å². The molecule has 1 aromatic carbocycles. The van der Waals surface area contributed by atoms with E-state index in [2.05, 4.69) is 5.32 Å². The maximum atomic E-state index is 12.1. The first-order valence-electron chi connectivity index (χ1n) is 8.47. The normalized spacial score (nSPS) is 16.9. The number of hydrogen-bond acceptors (Lipinski definition) is 3. The molecule has 0 spiro atoms. The first-order chi connectivity index (χ1) is 11.1. The van der Waals surface area contributed by atoms with Gasteiger partial charge >= 0.3 is 6.03 Å². The molecule has 1 aliphatic heterocycles. The molecule has 1 fully saturated rings. The first-order valence-corrected chi connectivity index (χ1v) is 8.47. The molecule has 1 atom stereocenters. The lowest BCUT2D eigenvalue weighted by Crippen LogP contribution is -2.46. The number of amides is 2. The molecule has 2 amide bonds. The molecule has 2 N–H and O–H groups in total. The number of para-hydroxylation sites is 1. The zero-order valence-electron chi connectivity index (χ0n) is 14.1. The minimum Gasteiger partial charge on any atom is -0.493 e. The maximum absolute atomic E-state index is 12.1. The van der Waals surface area contributed by atoms with Gasteiger partial charge in [0.25, 0.3) is 0 Å². The van der Waals surface area contributed by atoms with E-state index in [1.807, 2.05) is 43.0 Å². The predicted octanol–water partition coefficient (Wildman–Crippen LogP) is 2.57. The quantitative estimate of drug-likeness (QED) is 0.792. The molecule has 0 saturated carbocycles. The van der Waals surface area contributed by atoms with Crippen molar-refractivity contribution in [2.24, 2.45) is 5.92 Å². The third-order valence-corrected chi connectivity index (χ3v) is 4.46. The molecular formula is C18H28N2O3. The van der Waals surface area contributed by atoms with Crippen molar-refractivity contribution in [3.63, 3.8) is 0 Å². The molecular weight excluding hydrogens is 292 g/mol. The number of aliphatic hydroxyl groups is 1. The van der Waals surface area contributed by atoms with Gasteiger partial charge < -0.3 is 20.1 Å². The van der Waals surface area contributed by atoms with Crippen LogP contribution >= 0.6 is 0 Å². The van der Waals surface area contributed by atoms with Crippen LogP contribution in [0.4, 0.5) is 4.79 Å². The van der Waals surface area contributed by atoms with Gasteiger partial charge in [0.15, 0.2) is 0 Å². The lowest BCUT2D eigenvalue weighted by atomic mass is 9.92. The largest absolute Gasteiger partial charge is 0.493 e. The summed E-state index contributed by atoms with van der Waals surface area (Å²) in [5, 5.41) is 12.5. The first kappa shape index (κ1) is 17.6. The summed E-state index contributed by atoms with van der Waals surface area (Å²) in [6.45, 7) is 6.50. The summed E-state index contributed by atoms with van der Waals surface area (Å²) in [7, 11) is 0. The number of benzene rings is 1. The average Bonchev–Trinajstić information content (AvgIpc) is 2.56. The van der Waals surface area contributed by atoms with Crippen LogP contribution in [-0.4, -0.2) is 48.4 Å². The van der Waals surface area contributed by atoms with E-state index in [0.29, 0.717) is 19.1 Å². The Hall–Kier alpha value is -1.75. The molecule has 23 heavy (non-hydrogen) atoms. The van der Waals surface area contributed by atoms with Gasteiger partial charge in [0.2, 0.25) is 0 Å². The Morgan fingerprint density at radius 3 is 2.74 bits per heavy atom. The number of carbonyl (C=O) groups is 1. The van der Waals surface area contributed by atoms with E-state index in [4.69, 9.17) is 4.74 Å². The lowest BCUT2D eigenvalue weighted by Gasteiger charge is -2.33. The molecule has 2 rings (SSSR count). The Labute approximate surface area is 138 Å². The van der Waals surface area contributed by atoms with Crippen LogP contribution in [-0.2, 0) is 0 Å². The molecule has 1 heterocycles. The molecule has 1 saturated heterocycles. The van der Waals surface area contributed by atoms with E-state index < -0.39 is 0 Å². The Morgan fingerprint density at radius 1 is 1.39 bits per heavy atom. The van der Waals surface area contributed by atoms with E-state index in [9.17, 15) is 9.90 Å². The van der Waals surface area contributed by atoms with Crippen LogP contribution in [0, 0.1) is 12.8 Å². The number of nitrogens with one attached hydrogen (secondary N) is 1. The zero-order valence-corrected chi connectivity index (χ0v) is 14.1. The van der Waals surface area contributed by atoms with Gasteiger partial charge in [-0.05, 0) is 50.7 Å². The van der Waals surface area contributed by atoms with Crippen molar-refractivity contribution in [3.05, 3.63) is 29.8 Å². The summed E-state index contributed by atoms with van der Waals surface area (Å²) in [6, 6.07) is 7.92. The molecule has 128 valence electrons. The van der Waals surface area contributed by atoms with E-state index in [1.54, 1.807) is 0 Å². The Morgan fingerprint density at radius 2 is 2.09 bits per heavy atom. The van der Waals surface area contributed by atoms with Gasteiger partial charge in [-0.15, -0.1) is 0 Å². The highest BCUT2D eigenvalue weighted by Gasteiger charge is 2.25. The van der Waals surface area contributed by atoms with Crippen LogP contribution in [0.15, 0.2) is 24.3 Å². The van der Waals surface area contributed by atoms with Crippen molar-refractivity contribution < 1.29 is 14.6 Å². The molecule has 5 nitrogen and oxygen atoms in total. The number of carbonyl (C=O) groups excluding carboxylic acids is 1. The van der Waals surface area contributed by atoms with Gasteiger partial charge in [-0.25, -0.2) is 4.79 Å². The molecule has 1 aromatic rings. The van der Waals surface area contributed by atoms with E-state index >= 15 is 0 Å². The average molecular weight is 320 g/mol. The summed E-state index contributed by atoms with van der Waals surface area (Å²) in [4.78, 5) is 13.9. The van der Waals surface area contributed by atoms with Crippen LogP contribution in [0.2, 0.25) is 0 Å². The number of aryl methyl sites for hydroxylation is 1. The fraction of sp³-hybridized carbons (Fsp3) is 0.611. The summed E-state index contributed by atoms with van der Waals surface area (Å²) in [6.07, 6.45) is 2.26. The maximum Gasteiger partial charge on any atom is 0.317 e. The van der Waals surface area contributed by atoms with E-state index in [-0.39, 0.29) is 12.1 Å². The Kier molecular flexibility index (Phi) is 6.71. The van der Waals surface area contributed by atoms with Crippen LogP contribution in [0.25, 0.3) is 0 Å². The number of urea groups is 1. The van der Waals surface area contributed by atoms with Crippen LogP contribution in [0.3, 0.4) is 0 Å². The van der Waals surface area contributed by atoms with Gasteiger partial charge in [0.05, 0.1) is 12.7 Å². The summed E-state index contributed by atoms with van der Waals surface area (Å²) in [5.74, 6) is 1.22. The molecule has 1 aliphatic rings. The van der Waals surface area contributed by atoms with Crippen molar-refractivity contribution in [3.8, 4) is 5.75 Å². The smallest absolute Gasteiger partial charge is 0.317 e. The molecule has 1 unspecified atom stereocenters. The number of nitrogens with zero attached hydrogens (tertiary/aromatic N) is 1. The number of piperidine rings is 1. The minimum atomic E-state index is -0.279. The Bertz CT molecular complexity index is 497. The van der Waals surface area contributed by atoms with Crippen molar-refractivity contribution in [2.75, 3.05) is 26.2 Å². The molecule has 0 radical (unpaired) electrons. The van der Waals surface area contributed by atoms with Crippen molar-refractivity contribution in [1.29, 1.82) is 0 Å². The highest BCUT2D eigenvalue weighted by atomic mass is 16.5. The van der Waals surface area contributed by atoms with Crippen molar-refractivity contribution >= 4 is 6.03 Å². The summed E-state index contributed by atoms with van der Waals surface area (Å²) >= 11 is 0. The standard InChI is InChI=1S/C18H28N2O3/c1-14-6-3-4-7-17(14)23-13-5-10-19-18(22)20-11-8-16(9-12-20)15(2)21/h3-4,6-7,15-16,21H,5,8-13H2,1-2H3,(H,19,22). The summed E-state index contributed by atoms with van der Waals surface area (Å²) in [5.41, 5.74) is 1.12. The fourth-order valence-electron chi connectivity index (χ4n) is 2.86. The van der Waals surface area contributed by atoms with Gasteiger partial charge in [-0.3, -0.25) is 0 Å². The van der Waals surface area contributed by atoms with Crippen molar-refractivity contribution in [1.82, 2.24) is 10.2 Å². The second kappa shape index (κ2) is 8.77. The number of likely N-dealkylation sites (tertiary alicyclic amines) is 1. The van der Waals surface area contributed by atoms with Gasteiger partial charge in [-0.1, -0.05) is 18.2 Å². The lowest BCUT2D eigenvalue weighted by molar-refractivity contribution is 0.0798. The van der Waals surface area contributed by atoms with Crippen LogP contribution < -0.4 is 10.1 Å². The Balaban J connectivity index is 1.59. The van der Waals surface area contributed by atoms with Crippen LogP contribution in [0.1, 0.15) is 31.7 Å². The van der Waals surface area contributed by atoms with Crippen molar-refractivity contribution in [2.45, 2.75) is 39.2 Å². The fourth-order valence-corrected chi connectivity index (χ4v) is 2.86. The molecule has 0 aromatic heterocycles. The second-order valence-corrected chi connectivity index (χ2v) is 6.26. The second-order valence-electron chi connectivity index (χ2n) is 6.26. The predicted molar refractivity (Wildman–Crippen MR) is 90.7 cm³/mol. The van der Waals surface area contributed by atoms with Gasteiger partial charge in [-0.2, -0.15) is 0 Å². The van der Waals surface area contributed by atoms with Gasteiger partial charge in [0, 0.05) is 19.6 Å². The topological polar surface area (TPSA) is 61.8 Å². The highest BCUT2D eigenvalue weighted by molar-refractivity contribution is 5.74. The third kappa shape index (κ3) is 5.43. The highest BCUT2D eigenvalue weighted by Crippen LogP contribution is 2.20. The summed E-state index contributed by atoms with van der Waals surface area (Å²) < 4.78 is 5.71. The number of ether oxygens (including phenoxy) is 1. The SMILES string of the molecule is Cc1ccccc1OCCCNC(=O)N1CCC(C(C)O)CC1. The zero-order chi connectivity index (χ0) is 16.7. The number of aliphatic hydroxyl groups excluding tert-OH is 1. The van der Waals surface area contributed by atoms with Gasteiger partial charge in [0.1, 0.15) is 5.75 Å². The number of rotatable bonds is 6.